The van der Waals surface area contributed by atoms with E-state index in [4.69, 9.17) is 0 Å². The van der Waals surface area contributed by atoms with Crippen molar-refractivity contribution in [3.63, 3.8) is 0 Å². The Morgan fingerprint density at radius 3 is 1.70 bits per heavy atom. The van der Waals surface area contributed by atoms with Crippen LogP contribution < -0.4 is 0 Å². The summed E-state index contributed by atoms with van der Waals surface area (Å²) in [6.07, 6.45) is 10.3. The van der Waals surface area contributed by atoms with E-state index in [-0.39, 0.29) is 5.78 Å². The van der Waals surface area contributed by atoms with Gasteiger partial charge in [0.1, 0.15) is 0 Å². The zero-order valence-electron chi connectivity index (χ0n) is 14.1. The summed E-state index contributed by atoms with van der Waals surface area (Å²) in [5.41, 5.74) is 5.94. The van der Waals surface area contributed by atoms with E-state index in [0.29, 0.717) is 0 Å². The normalized spacial score (nSPS) is 19.0. The summed E-state index contributed by atoms with van der Waals surface area (Å²) >= 11 is 0. The monoisotopic (exact) mass is 310 g/mol. The number of rotatable bonds is 2. The van der Waals surface area contributed by atoms with Gasteiger partial charge in [0.05, 0.1) is 12.4 Å². The first-order valence-corrected chi connectivity index (χ1v) is 7.90. The smallest absolute Gasteiger partial charge is 0.185 e. The summed E-state index contributed by atoms with van der Waals surface area (Å²) in [7, 11) is 3.83. The van der Waals surface area contributed by atoms with Crippen LogP contribution in [0, 0.1) is 13.8 Å². The van der Waals surface area contributed by atoms with Gasteiger partial charge in [-0.3, -0.25) is 14.2 Å². The molecule has 120 valence electrons. The average molecular weight is 310 g/mol. The third kappa shape index (κ3) is 2.91. The van der Waals surface area contributed by atoms with Gasteiger partial charge in [0, 0.05) is 47.8 Å². The van der Waals surface area contributed by atoms with Crippen LogP contribution in [0.2, 0.25) is 0 Å². The molecule has 0 amide bonds. The summed E-state index contributed by atoms with van der Waals surface area (Å²) in [6, 6.07) is 0. The Balaban J connectivity index is 1.92. The summed E-state index contributed by atoms with van der Waals surface area (Å²) in [5, 5.41) is 8.49. The van der Waals surface area contributed by atoms with Crippen molar-refractivity contribution in [3.8, 4) is 0 Å². The van der Waals surface area contributed by atoms with Gasteiger partial charge in [-0.2, -0.15) is 10.2 Å². The highest BCUT2D eigenvalue weighted by Gasteiger charge is 2.21. The molecule has 2 heterocycles. The quantitative estimate of drug-likeness (QED) is 0.801. The molecule has 0 aromatic carbocycles. The number of aryl methyl sites for hydroxylation is 2. The van der Waals surface area contributed by atoms with E-state index in [1.807, 2.05) is 61.9 Å². The van der Waals surface area contributed by atoms with Gasteiger partial charge in [0.15, 0.2) is 5.78 Å². The maximum atomic E-state index is 12.8. The lowest BCUT2D eigenvalue weighted by atomic mass is 9.87. The topological polar surface area (TPSA) is 52.7 Å². The first-order chi connectivity index (χ1) is 11.0. The van der Waals surface area contributed by atoms with Crippen LogP contribution in [0.25, 0.3) is 12.2 Å². The molecule has 1 fully saturated rings. The lowest BCUT2D eigenvalue weighted by Gasteiger charge is -2.16. The highest BCUT2D eigenvalue weighted by atomic mass is 16.1. The molecule has 0 N–H and O–H groups in total. The zero-order valence-corrected chi connectivity index (χ0v) is 14.1. The molecular weight excluding hydrogens is 288 g/mol. The SMILES string of the molecule is Cc1c(/C=C2/CCC/C(=C/c3cnn(C)c3C)C2=O)cnn1C. The van der Waals surface area contributed by atoms with Gasteiger partial charge >= 0.3 is 0 Å². The summed E-state index contributed by atoms with van der Waals surface area (Å²) in [4.78, 5) is 12.8. The van der Waals surface area contributed by atoms with Crippen LogP contribution in [0.4, 0.5) is 0 Å². The van der Waals surface area contributed by atoms with E-state index in [2.05, 4.69) is 10.2 Å². The van der Waals surface area contributed by atoms with Gasteiger partial charge in [0.25, 0.3) is 0 Å². The van der Waals surface area contributed by atoms with Crippen LogP contribution in [-0.2, 0) is 18.9 Å². The largest absolute Gasteiger partial charge is 0.289 e. The number of carbonyl (C=O) groups excluding carboxylic acids is 1. The number of hydrogen-bond donors (Lipinski definition) is 0. The second-order valence-corrected chi connectivity index (χ2v) is 6.14. The third-order valence-corrected chi connectivity index (χ3v) is 4.68. The molecule has 0 saturated heterocycles. The Morgan fingerprint density at radius 1 is 0.913 bits per heavy atom. The van der Waals surface area contributed by atoms with E-state index < -0.39 is 0 Å². The fraction of sp³-hybridized carbons (Fsp3) is 0.389. The van der Waals surface area contributed by atoms with Crippen molar-refractivity contribution >= 4 is 17.9 Å². The molecular formula is C18H22N4O. The van der Waals surface area contributed by atoms with Crippen LogP contribution in [0.5, 0.6) is 0 Å². The molecule has 1 aliphatic carbocycles. The standard InChI is InChI=1S/C18H22N4O/c1-12-16(10-19-21(12)3)8-14-6-5-7-15(18(14)23)9-17-11-20-22(4)13(17)2/h8-11H,5-7H2,1-4H3/b14-8-,15-9-. The van der Waals surface area contributed by atoms with Crippen molar-refractivity contribution in [1.82, 2.24) is 19.6 Å². The number of carbonyl (C=O) groups is 1. The van der Waals surface area contributed by atoms with Crippen LogP contribution >= 0.6 is 0 Å². The fourth-order valence-corrected chi connectivity index (χ4v) is 2.87. The highest BCUT2D eigenvalue weighted by molar-refractivity contribution is 6.14. The molecule has 5 nitrogen and oxygen atoms in total. The van der Waals surface area contributed by atoms with Gasteiger partial charge in [-0.25, -0.2) is 0 Å². The van der Waals surface area contributed by atoms with Crippen molar-refractivity contribution in [2.45, 2.75) is 33.1 Å². The van der Waals surface area contributed by atoms with E-state index in [9.17, 15) is 4.79 Å². The second-order valence-electron chi connectivity index (χ2n) is 6.14. The lowest BCUT2D eigenvalue weighted by Crippen LogP contribution is -2.12. The predicted molar refractivity (Wildman–Crippen MR) is 90.7 cm³/mol. The first kappa shape index (κ1) is 15.5. The lowest BCUT2D eigenvalue weighted by molar-refractivity contribution is -0.112. The van der Waals surface area contributed by atoms with Crippen LogP contribution in [0.3, 0.4) is 0 Å². The van der Waals surface area contributed by atoms with E-state index in [1.165, 1.54) is 0 Å². The molecule has 0 spiro atoms. The van der Waals surface area contributed by atoms with Crippen LogP contribution in [-0.4, -0.2) is 25.3 Å². The zero-order chi connectivity index (χ0) is 16.6. The number of aromatic nitrogens is 4. The van der Waals surface area contributed by atoms with Crippen LogP contribution in [0.15, 0.2) is 23.5 Å². The van der Waals surface area contributed by atoms with Crippen molar-refractivity contribution in [2.75, 3.05) is 0 Å². The Hall–Kier alpha value is -2.43. The van der Waals surface area contributed by atoms with E-state index in [0.717, 1.165) is 52.9 Å². The molecule has 0 atom stereocenters. The first-order valence-electron chi connectivity index (χ1n) is 7.90. The molecule has 5 heteroatoms. The minimum Gasteiger partial charge on any atom is -0.289 e. The molecule has 2 aromatic heterocycles. The highest BCUT2D eigenvalue weighted by Crippen LogP contribution is 2.28. The predicted octanol–water partition coefficient (Wildman–Crippen LogP) is 2.99. The van der Waals surface area contributed by atoms with E-state index in [1.54, 1.807) is 0 Å². The van der Waals surface area contributed by atoms with Crippen molar-refractivity contribution in [2.24, 2.45) is 14.1 Å². The second kappa shape index (κ2) is 5.99. The molecule has 2 aromatic rings. The summed E-state index contributed by atoms with van der Waals surface area (Å²) in [6.45, 7) is 4.03. The molecule has 3 rings (SSSR count). The molecule has 23 heavy (non-hydrogen) atoms. The Kier molecular flexibility index (Phi) is 4.03. The molecule has 0 radical (unpaired) electrons. The number of hydrogen-bond acceptors (Lipinski definition) is 3. The fourth-order valence-electron chi connectivity index (χ4n) is 2.87. The van der Waals surface area contributed by atoms with Gasteiger partial charge in [-0.15, -0.1) is 0 Å². The third-order valence-electron chi connectivity index (χ3n) is 4.68. The van der Waals surface area contributed by atoms with Crippen LogP contribution in [0.1, 0.15) is 41.8 Å². The van der Waals surface area contributed by atoms with Crippen molar-refractivity contribution < 1.29 is 4.79 Å². The Morgan fingerprint density at radius 2 is 1.35 bits per heavy atom. The van der Waals surface area contributed by atoms with E-state index >= 15 is 0 Å². The number of Topliss-reactive ketones (excluding diaryl/α,β-unsaturated/α-hetero) is 1. The maximum Gasteiger partial charge on any atom is 0.185 e. The van der Waals surface area contributed by atoms with Gasteiger partial charge in [-0.1, -0.05) is 0 Å². The van der Waals surface area contributed by atoms with Crippen molar-refractivity contribution in [3.05, 3.63) is 46.1 Å². The summed E-state index contributed by atoms with van der Waals surface area (Å²) in [5.74, 6) is 0.155. The average Bonchev–Trinajstić information content (AvgIpc) is 3.01. The molecule has 1 aliphatic rings. The number of nitrogens with zero attached hydrogens (tertiary/aromatic N) is 4. The maximum absolute atomic E-state index is 12.8. The minimum absolute atomic E-state index is 0.155. The number of ketones is 1. The molecule has 1 saturated carbocycles. The Bertz CT molecular complexity index is 754. The van der Waals surface area contributed by atoms with Gasteiger partial charge in [-0.05, 0) is 45.3 Å². The molecule has 0 bridgehead atoms. The van der Waals surface area contributed by atoms with Gasteiger partial charge in [0.2, 0.25) is 0 Å². The number of allylic oxidation sites excluding steroid dienone is 2. The van der Waals surface area contributed by atoms with Crippen molar-refractivity contribution in [1.29, 1.82) is 0 Å². The minimum atomic E-state index is 0.155. The Labute approximate surface area is 136 Å². The molecule has 0 unspecified atom stereocenters. The van der Waals surface area contributed by atoms with Gasteiger partial charge < -0.3 is 0 Å². The molecule has 0 aliphatic heterocycles. The summed E-state index contributed by atoms with van der Waals surface area (Å²) < 4.78 is 3.66.